The number of nitrogens with one attached hydrogen (secondary N) is 1. The van der Waals surface area contributed by atoms with Gasteiger partial charge in [-0.05, 0) is 24.1 Å². The number of nitrogens with zero attached hydrogens (tertiary/aromatic N) is 3. The fourth-order valence-electron chi connectivity index (χ4n) is 3.77. The number of rotatable bonds is 6. The zero-order chi connectivity index (χ0) is 20.2. The third-order valence-electron chi connectivity index (χ3n) is 5.38. The molecule has 1 saturated heterocycles. The first-order chi connectivity index (χ1) is 14.1. The highest BCUT2D eigenvalue weighted by Gasteiger charge is 2.31. The van der Waals surface area contributed by atoms with Crippen molar-refractivity contribution >= 4 is 17.5 Å². The van der Waals surface area contributed by atoms with E-state index >= 15 is 0 Å². The first-order valence-corrected chi connectivity index (χ1v) is 9.78. The number of carbonyl (C=O) groups is 2. The van der Waals surface area contributed by atoms with Gasteiger partial charge in [-0.2, -0.15) is 0 Å². The molecule has 1 unspecified atom stereocenters. The van der Waals surface area contributed by atoms with E-state index in [-0.39, 0.29) is 24.3 Å². The lowest BCUT2D eigenvalue weighted by molar-refractivity contribution is -0.131. The lowest BCUT2D eigenvalue weighted by Gasteiger charge is -2.18. The number of amides is 2. The molecule has 1 aliphatic rings. The highest BCUT2D eigenvalue weighted by atomic mass is 16.2. The number of likely N-dealkylation sites (tertiary alicyclic amines) is 1. The molecule has 0 radical (unpaired) electrons. The quantitative estimate of drug-likeness (QED) is 0.705. The minimum atomic E-state index is -0.179. The van der Waals surface area contributed by atoms with E-state index in [1.807, 2.05) is 72.3 Å². The average Bonchev–Trinajstić information content (AvgIpc) is 3.29. The largest absolute Gasteiger partial charge is 0.333 e. The molecule has 6 heteroatoms. The van der Waals surface area contributed by atoms with E-state index in [4.69, 9.17) is 0 Å². The van der Waals surface area contributed by atoms with Crippen molar-refractivity contribution in [2.24, 2.45) is 0 Å². The topological polar surface area (TPSA) is 67.2 Å². The Morgan fingerprint density at radius 1 is 1.14 bits per heavy atom. The average molecular weight is 388 g/mol. The van der Waals surface area contributed by atoms with Gasteiger partial charge in [0.1, 0.15) is 5.82 Å². The molecule has 2 heterocycles. The van der Waals surface area contributed by atoms with Crippen LogP contribution in [0.2, 0.25) is 0 Å². The number of hydrogen-bond acceptors (Lipinski definition) is 3. The van der Waals surface area contributed by atoms with E-state index in [2.05, 4.69) is 10.3 Å². The highest BCUT2D eigenvalue weighted by Crippen LogP contribution is 2.28. The Bertz CT molecular complexity index is 1010. The first-order valence-electron chi connectivity index (χ1n) is 9.78. The predicted octanol–water partition coefficient (Wildman–Crippen LogP) is 3.19. The maximum atomic E-state index is 12.7. The highest BCUT2D eigenvalue weighted by molar-refractivity contribution is 5.95. The molecule has 0 spiro atoms. The van der Waals surface area contributed by atoms with Gasteiger partial charge in [0.2, 0.25) is 11.8 Å². The number of imidazole rings is 1. The van der Waals surface area contributed by atoms with Gasteiger partial charge in [-0.15, -0.1) is 0 Å². The zero-order valence-corrected chi connectivity index (χ0v) is 16.4. The van der Waals surface area contributed by atoms with E-state index in [0.717, 1.165) is 22.6 Å². The number of aryl methyl sites for hydroxylation is 1. The standard InChI is InChI=1S/C23H24N4O2/c1-17-24-11-12-26(17)14-19-9-5-6-10-21(19)25-22(28)16-27-15-20(13-23(27)29)18-7-3-2-4-8-18/h2-12,20H,13-16H2,1H3,(H,25,28). The minimum absolute atomic E-state index is 0.0244. The molecule has 1 aliphatic heterocycles. The number of carbonyl (C=O) groups excluding carboxylic acids is 2. The summed E-state index contributed by atoms with van der Waals surface area (Å²) in [5, 5.41) is 2.98. The molecule has 2 amide bonds. The van der Waals surface area contributed by atoms with Gasteiger partial charge >= 0.3 is 0 Å². The second kappa shape index (κ2) is 8.31. The number of para-hydroxylation sites is 1. The molecule has 29 heavy (non-hydrogen) atoms. The maximum absolute atomic E-state index is 12.7. The first kappa shape index (κ1) is 18.9. The number of aromatic nitrogens is 2. The fourth-order valence-corrected chi connectivity index (χ4v) is 3.77. The summed E-state index contributed by atoms with van der Waals surface area (Å²) < 4.78 is 2.03. The van der Waals surface area contributed by atoms with Crippen molar-refractivity contribution < 1.29 is 9.59 Å². The predicted molar refractivity (Wildman–Crippen MR) is 112 cm³/mol. The summed E-state index contributed by atoms with van der Waals surface area (Å²) in [6.45, 7) is 3.22. The molecule has 3 aromatic rings. The van der Waals surface area contributed by atoms with E-state index < -0.39 is 0 Å². The van der Waals surface area contributed by atoms with Crippen molar-refractivity contribution in [3.63, 3.8) is 0 Å². The third kappa shape index (κ3) is 4.37. The molecule has 1 fully saturated rings. The van der Waals surface area contributed by atoms with Crippen LogP contribution < -0.4 is 5.32 Å². The molecule has 0 saturated carbocycles. The molecular weight excluding hydrogens is 364 g/mol. The van der Waals surface area contributed by atoms with Crippen LogP contribution in [-0.4, -0.2) is 39.4 Å². The third-order valence-corrected chi connectivity index (χ3v) is 5.38. The van der Waals surface area contributed by atoms with Crippen molar-refractivity contribution in [1.29, 1.82) is 0 Å². The van der Waals surface area contributed by atoms with Gasteiger partial charge in [-0.25, -0.2) is 4.98 Å². The number of anilines is 1. The van der Waals surface area contributed by atoms with Gasteiger partial charge in [0.05, 0.1) is 13.1 Å². The van der Waals surface area contributed by atoms with Gasteiger partial charge in [0.25, 0.3) is 0 Å². The Hall–Kier alpha value is -3.41. The summed E-state index contributed by atoms with van der Waals surface area (Å²) in [6.07, 6.45) is 4.13. The SMILES string of the molecule is Cc1nccn1Cc1ccccc1NC(=O)CN1CC(c2ccccc2)CC1=O. The van der Waals surface area contributed by atoms with Crippen molar-refractivity contribution in [2.75, 3.05) is 18.4 Å². The minimum Gasteiger partial charge on any atom is -0.333 e. The summed E-state index contributed by atoms with van der Waals surface area (Å²) in [6, 6.07) is 17.7. The molecule has 1 aromatic heterocycles. The van der Waals surface area contributed by atoms with Crippen LogP contribution in [0.3, 0.4) is 0 Å². The summed E-state index contributed by atoms with van der Waals surface area (Å²) in [7, 11) is 0. The van der Waals surface area contributed by atoms with Crippen LogP contribution in [0.15, 0.2) is 67.0 Å². The molecular formula is C23H24N4O2. The van der Waals surface area contributed by atoms with Gasteiger partial charge in [-0.3, -0.25) is 9.59 Å². The second-order valence-corrected chi connectivity index (χ2v) is 7.39. The van der Waals surface area contributed by atoms with Crippen molar-refractivity contribution in [2.45, 2.75) is 25.8 Å². The van der Waals surface area contributed by atoms with Crippen LogP contribution in [0.25, 0.3) is 0 Å². The second-order valence-electron chi connectivity index (χ2n) is 7.39. The summed E-state index contributed by atoms with van der Waals surface area (Å²) in [4.78, 5) is 30.9. The van der Waals surface area contributed by atoms with E-state index in [9.17, 15) is 9.59 Å². The monoisotopic (exact) mass is 388 g/mol. The summed E-state index contributed by atoms with van der Waals surface area (Å²) >= 11 is 0. The van der Waals surface area contributed by atoms with Crippen LogP contribution in [0.1, 0.15) is 29.3 Å². The lowest BCUT2D eigenvalue weighted by Crippen LogP contribution is -2.34. The summed E-state index contributed by atoms with van der Waals surface area (Å²) in [5.74, 6) is 0.909. The summed E-state index contributed by atoms with van der Waals surface area (Å²) in [5.41, 5.74) is 2.90. The van der Waals surface area contributed by atoms with Crippen molar-refractivity contribution in [3.8, 4) is 0 Å². The number of hydrogen-bond donors (Lipinski definition) is 1. The fraction of sp³-hybridized carbons (Fsp3) is 0.261. The molecule has 1 N–H and O–H groups in total. The molecule has 0 bridgehead atoms. The van der Waals surface area contributed by atoms with Crippen LogP contribution in [-0.2, 0) is 16.1 Å². The lowest BCUT2D eigenvalue weighted by atomic mass is 9.99. The molecule has 148 valence electrons. The van der Waals surface area contributed by atoms with Crippen LogP contribution in [0.5, 0.6) is 0 Å². The normalized spacial score (nSPS) is 16.2. The molecule has 4 rings (SSSR count). The van der Waals surface area contributed by atoms with Crippen LogP contribution in [0, 0.1) is 6.92 Å². The van der Waals surface area contributed by atoms with Crippen LogP contribution in [0.4, 0.5) is 5.69 Å². The van der Waals surface area contributed by atoms with E-state index in [1.54, 1.807) is 11.1 Å². The van der Waals surface area contributed by atoms with Gasteiger partial charge in [-0.1, -0.05) is 48.5 Å². The van der Waals surface area contributed by atoms with Gasteiger partial charge < -0.3 is 14.8 Å². The van der Waals surface area contributed by atoms with E-state index in [1.165, 1.54) is 0 Å². The Labute approximate surface area is 170 Å². The molecule has 1 atom stereocenters. The molecule has 6 nitrogen and oxygen atoms in total. The van der Waals surface area contributed by atoms with E-state index in [0.29, 0.717) is 19.5 Å². The van der Waals surface area contributed by atoms with Gasteiger partial charge in [0, 0.05) is 37.0 Å². The van der Waals surface area contributed by atoms with Crippen LogP contribution >= 0.6 is 0 Å². The smallest absolute Gasteiger partial charge is 0.244 e. The molecule has 0 aliphatic carbocycles. The number of benzene rings is 2. The zero-order valence-electron chi connectivity index (χ0n) is 16.4. The van der Waals surface area contributed by atoms with Crippen molar-refractivity contribution in [1.82, 2.24) is 14.5 Å². The Kier molecular flexibility index (Phi) is 5.42. The maximum Gasteiger partial charge on any atom is 0.244 e. The Morgan fingerprint density at radius 3 is 2.66 bits per heavy atom. The van der Waals surface area contributed by atoms with Gasteiger partial charge in [0.15, 0.2) is 0 Å². The Morgan fingerprint density at radius 2 is 1.90 bits per heavy atom. The Balaban J connectivity index is 1.40. The van der Waals surface area contributed by atoms with Crippen molar-refractivity contribution in [3.05, 3.63) is 83.9 Å². The molecule has 2 aromatic carbocycles.